The molecule has 10 heteroatoms. The number of ether oxygens (including phenoxy) is 2. The molecule has 10 nitrogen and oxygen atoms in total. The van der Waals surface area contributed by atoms with Gasteiger partial charge in [-0.3, -0.25) is 9.78 Å². The summed E-state index contributed by atoms with van der Waals surface area (Å²) in [6.45, 7) is 0.416. The van der Waals surface area contributed by atoms with E-state index >= 15 is 0 Å². The van der Waals surface area contributed by atoms with Crippen molar-refractivity contribution in [1.82, 2.24) is 35.0 Å². The van der Waals surface area contributed by atoms with Crippen molar-refractivity contribution in [3.63, 3.8) is 0 Å². The van der Waals surface area contributed by atoms with Crippen molar-refractivity contribution in [1.29, 1.82) is 0 Å². The van der Waals surface area contributed by atoms with Crippen LogP contribution in [0.25, 0.3) is 10.9 Å². The molecule has 43 heavy (non-hydrogen) atoms. The Morgan fingerprint density at radius 2 is 1.79 bits per heavy atom. The zero-order valence-electron chi connectivity index (χ0n) is 23.9. The van der Waals surface area contributed by atoms with Crippen molar-refractivity contribution >= 4 is 16.8 Å². The number of H-pyrrole nitrogens is 1. The van der Waals surface area contributed by atoms with Crippen LogP contribution in [0.2, 0.25) is 0 Å². The number of carbonyl (C=O) groups is 1. The van der Waals surface area contributed by atoms with Crippen LogP contribution in [0.4, 0.5) is 0 Å². The van der Waals surface area contributed by atoms with Crippen LogP contribution in [0, 0.1) is 0 Å². The summed E-state index contributed by atoms with van der Waals surface area (Å²) >= 11 is 0. The molecule has 0 saturated carbocycles. The number of nitrogens with zero attached hydrogens (tertiary/aromatic N) is 5. The van der Waals surface area contributed by atoms with E-state index in [1.165, 1.54) is 24.2 Å². The number of para-hydroxylation sites is 1. The first-order valence-corrected chi connectivity index (χ1v) is 13.9. The van der Waals surface area contributed by atoms with Crippen LogP contribution < -0.4 is 14.8 Å². The average molecular weight is 574 g/mol. The Balaban J connectivity index is 1.46. The van der Waals surface area contributed by atoms with E-state index in [4.69, 9.17) is 14.6 Å². The minimum absolute atomic E-state index is 0.208. The highest BCUT2D eigenvalue weighted by molar-refractivity contribution is 5.93. The van der Waals surface area contributed by atoms with E-state index in [1.54, 1.807) is 14.2 Å². The first-order chi connectivity index (χ1) is 21.1. The fourth-order valence-corrected chi connectivity index (χ4v) is 5.21. The minimum atomic E-state index is -0.645. The second-order valence-electron chi connectivity index (χ2n) is 10.0. The molecule has 3 heterocycles. The van der Waals surface area contributed by atoms with Gasteiger partial charge in [-0.1, -0.05) is 48.5 Å². The van der Waals surface area contributed by atoms with Gasteiger partial charge in [-0.15, -0.1) is 10.2 Å². The van der Waals surface area contributed by atoms with Crippen molar-refractivity contribution < 1.29 is 14.3 Å². The Hall–Kier alpha value is -5.51. The summed E-state index contributed by atoms with van der Waals surface area (Å²) in [7, 11) is 3.26. The zero-order chi connectivity index (χ0) is 29.6. The van der Waals surface area contributed by atoms with E-state index in [9.17, 15) is 4.79 Å². The third-order valence-electron chi connectivity index (χ3n) is 7.42. The SMILES string of the molecule is COc1ccc(Cn2c(CCc3ccccc3)nnc2[C@H](NC(=O)c2cnccn2)c2c[nH]c3ccccc23)c(OC)c1. The third kappa shape index (κ3) is 5.94. The Bertz CT molecular complexity index is 1830. The number of amides is 1. The maximum absolute atomic E-state index is 13.5. The van der Waals surface area contributed by atoms with E-state index < -0.39 is 6.04 Å². The highest BCUT2D eigenvalue weighted by atomic mass is 16.5. The molecule has 0 aliphatic carbocycles. The van der Waals surface area contributed by atoms with Crippen LogP contribution in [-0.4, -0.2) is 49.8 Å². The molecule has 0 fully saturated rings. The minimum Gasteiger partial charge on any atom is -0.497 e. The van der Waals surface area contributed by atoms with Crippen LogP contribution in [0.1, 0.15) is 44.9 Å². The molecule has 0 bridgehead atoms. The summed E-state index contributed by atoms with van der Waals surface area (Å²) in [5, 5.41) is 13.5. The van der Waals surface area contributed by atoms with E-state index in [2.05, 4.69) is 42.1 Å². The molecule has 0 aliphatic heterocycles. The summed E-state index contributed by atoms with van der Waals surface area (Å²) in [5.74, 6) is 2.38. The predicted octanol–water partition coefficient (Wildman–Crippen LogP) is 4.92. The van der Waals surface area contributed by atoms with Crippen molar-refractivity contribution in [3.8, 4) is 11.5 Å². The predicted molar refractivity (Wildman–Crippen MR) is 162 cm³/mol. The van der Waals surface area contributed by atoms with Crippen LogP contribution >= 0.6 is 0 Å². The summed E-state index contributed by atoms with van der Waals surface area (Å²) in [6.07, 6.45) is 7.81. The molecule has 0 radical (unpaired) electrons. The van der Waals surface area contributed by atoms with E-state index in [1.807, 2.05) is 66.9 Å². The van der Waals surface area contributed by atoms with Gasteiger partial charge < -0.3 is 24.3 Å². The molecule has 1 amide bonds. The number of aromatic nitrogens is 6. The highest BCUT2D eigenvalue weighted by Crippen LogP contribution is 2.31. The smallest absolute Gasteiger partial charge is 0.272 e. The largest absolute Gasteiger partial charge is 0.497 e. The molecule has 2 N–H and O–H groups in total. The second-order valence-corrected chi connectivity index (χ2v) is 10.0. The number of nitrogens with one attached hydrogen (secondary N) is 2. The van der Waals surface area contributed by atoms with Gasteiger partial charge in [-0.25, -0.2) is 4.98 Å². The van der Waals surface area contributed by atoms with Crippen LogP contribution in [0.5, 0.6) is 11.5 Å². The fourth-order valence-electron chi connectivity index (χ4n) is 5.21. The molecular formula is C33H31N7O3. The van der Waals surface area contributed by atoms with E-state index in [-0.39, 0.29) is 11.6 Å². The number of hydrogen-bond acceptors (Lipinski definition) is 7. The van der Waals surface area contributed by atoms with Gasteiger partial charge in [0, 0.05) is 53.1 Å². The van der Waals surface area contributed by atoms with Gasteiger partial charge in [0.25, 0.3) is 5.91 Å². The maximum atomic E-state index is 13.5. The second kappa shape index (κ2) is 12.6. The molecule has 0 unspecified atom stereocenters. The maximum Gasteiger partial charge on any atom is 0.272 e. The summed E-state index contributed by atoms with van der Waals surface area (Å²) in [4.78, 5) is 25.1. The molecule has 0 spiro atoms. The average Bonchev–Trinajstić information content (AvgIpc) is 3.67. The number of fused-ring (bicyclic) bond motifs is 1. The summed E-state index contributed by atoms with van der Waals surface area (Å²) < 4.78 is 13.2. The van der Waals surface area contributed by atoms with Crippen LogP contribution in [0.15, 0.2) is 97.6 Å². The molecule has 1 atom stereocenters. The Labute approximate surface area is 248 Å². The summed E-state index contributed by atoms with van der Waals surface area (Å²) in [6, 6.07) is 23.3. The first-order valence-electron chi connectivity index (χ1n) is 13.9. The molecule has 3 aromatic heterocycles. The molecule has 6 rings (SSSR count). The molecule has 0 aliphatic rings. The number of aryl methyl sites for hydroxylation is 2. The lowest BCUT2D eigenvalue weighted by Gasteiger charge is -2.21. The van der Waals surface area contributed by atoms with Crippen molar-refractivity contribution in [2.24, 2.45) is 0 Å². The molecule has 216 valence electrons. The van der Waals surface area contributed by atoms with Crippen molar-refractivity contribution in [2.45, 2.75) is 25.4 Å². The number of aromatic amines is 1. The molecule has 0 saturated heterocycles. The highest BCUT2D eigenvalue weighted by Gasteiger charge is 2.28. The van der Waals surface area contributed by atoms with Crippen molar-refractivity contribution in [2.75, 3.05) is 14.2 Å². The third-order valence-corrected chi connectivity index (χ3v) is 7.42. The number of benzene rings is 3. The molecular weight excluding hydrogens is 542 g/mol. The molecule has 3 aromatic carbocycles. The van der Waals surface area contributed by atoms with Gasteiger partial charge >= 0.3 is 0 Å². The number of hydrogen-bond donors (Lipinski definition) is 2. The lowest BCUT2D eigenvalue weighted by atomic mass is 10.0. The fraction of sp³-hybridized carbons (Fsp3) is 0.182. The van der Waals surface area contributed by atoms with Crippen LogP contribution in [-0.2, 0) is 19.4 Å². The van der Waals surface area contributed by atoms with Gasteiger partial charge in [0.05, 0.1) is 27.0 Å². The first kappa shape index (κ1) is 27.6. The quantitative estimate of drug-likeness (QED) is 0.226. The van der Waals surface area contributed by atoms with Gasteiger partial charge in [0.1, 0.15) is 29.1 Å². The van der Waals surface area contributed by atoms with E-state index in [0.29, 0.717) is 30.3 Å². The molecule has 6 aromatic rings. The number of carbonyl (C=O) groups excluding carboxylic acids is 1. The number of methoxy groups -OCH3 is 2. The lowest BCUT2D eigenvalue weighted by Crippen LogP contribution is -2.32. The summed E-state index contributed by atoms with van der Waals surface area (Å²) in [5.41, 5.74) is 4.13. The standard InChI is InChI=1S/C33H31N7O3/c1-42-24-14-13-23(29(18-24)43-2)21-40-30(15-12-22-8-4-3-5-9-22)38-39-32(40)31(37-33(41)28-20-34-16-17-35-28)26-19-36-27-11-7-6-10-25(26)27/h3-11,13-14,16-20,31,36H,12,15,21H2,1-2H3,(H,37,41)/t31-/m1/s1. The van der Waals surface area contributed by atoms with Gasteiger partial charge in [-0.2, -0.15) is 0 Å². The topological polar surface area (TPSA) is 120 Å². The Morgan fingerprint density at radius 3 is 2.58 bits per heavy atom. The normalized spacial score (nSPS) is 11.8. The Kier molecular flexibility index (Phi) is 8.08. The van der Waals surface area contributed by atoms with E-state index in [0.717, 1.165) is 34.3 Å². The van der Waals surface area contributed by atoms with Crippen LogP contribution in [0.3, 0.4) is 0 Å². The monoisotopic (exact) mass is 573 g/mol. The van der Waals surface area contributed by atoms with Crippen molar-refractivity contribution in [3.05, 3.63) is 132 Å². The van der Waals surface area contributed by atoms with Gasteiger partial charge in [0.2, 0.25) is 0 Å². The van der Waals surface area contributed by atoms with Gasteiger partial charge in [-0.05, 0) is 30.2 Å². The zero-order valence-corrected chi connectivity index (χ0v) is 23.9. The number of rotatable bonds is 11. The lowest BCUT2D eigenvalue weighted by molar-refractivity contribution is 0.0935. The van der Waals surface area contributed by atoms with Gasteiger partial charge in [0.15, 0.2) is 5.82 Å². The Morgan fingerprint density at radius 1 is 0.953 bits per heavy atom.